The second-order valence-corrected chi connectivity index (χ2v) is 4.97. The predicted molar refractivity (Wildman–Crippen MR) is 81.0 cm³/mol. The number of anilines is 1. The molecule has 4 nitrogen and oxygen atoms in total. The van der Waals surface area contributed by atoms with Gasteiger partial charge in [-0.1, -0.05) is 23.4 Å². The lowest BCUT2D eigenvalue weighted by molar-refractivity contribution is 0.102. The zero-order chi connectivity index (χ0) is 16.4. The minimum atomic E-state index is -1.02. The van der Waals surface area contributed by atoms with E-state index in [0.717, 1.165) is 17.7 Å². The van der Waals surface area contributed by atoms with Crippen molar-refractivity contribution in [3.8, 4) is 11.3 Å². The van der Waals surface area contributed by atoms with Crippen molar-refractivity contribution in [3.63, 3.8) is 0 Å². The lowest BCUT2D eigenvalue weighted by Gasteiger charge is -2.07. The highest BCUT2D eigenvalue weighted by molar-refractivity contribution is 6.07. The van der Waals surface area contributed by atoms with Crippen LogP contribution in [0.2, 0.25) is 0 Å². The third-order valence-electron chi connectivity index (χ3n) is 3.39. The second-order valence-electron chi connectivity index (χ2n) is 4.97. The summed E-state index contributed by atoms with van der Waals surface area (Å²) in [6, 6.07) is 10.5. The highest BCUT2D eigenvalue weighted by Gasteiger charge is 2.19. The number of hydrogen-bond acceptors (Lipinski definition) is 3. The third-order valence-corrected chi connectivity index (χ3v) is 3.39. The maximum Gasteiger partial charge on any atom is 0.261 e. The van der Waals surface area contributed by atoms with Gasteiger partial charge in [0.05, 0.1) is 6.20 Å². The van der Waals surface area contributed by atoms with Crippen LogP contribution in [-0.4, -0.2) is 11.1 Å². The van der Waals surface area contributed by atoms with Gasteiger partial charge in [-0.15, -0.1) is 0 Å². The Balaban J connectivity index is 1.93. The van der Waals surface area contributed by atoms with Crippen LogP contribution in [0.5, 0.6) is 0 Å². The molecular formula is C17H12F2N2O2. The number of para-hydroxylation sites is 1. The van der Waals surface area contributed by atoms with Crippen LogP contribution in [0.1, 0.15) is 15.9 Å². The third kappa shape index (κ3) is 2.96. The monoisotopic (exact) mass is 314 g/mol. The Morgan fingerprint density at radius 2 is 1.91 bits per heavy atom. The zero-order valence-electron chi connectivity index (χ0n) is 12.1. The van der Waals surface area contributed by atoms with Crippen molar-refractivity contribution in [2.24, 2.45) is 0 Å². The van der Waals surface area contributed by atoms with E-state index in [0.29, 0.717) is 5.69 Å². The summed E-state index contributed by atoms with van der Waals surface area (Å²) in [5.41, 5.74) is 1.91. The fourth-order valence-corrected chi connectivity index (χ4v) is 2.15. The van der Waals surface area contributed by atoms with E-state index in [1.54, 1.807) is 12.1 Å². The van der Waals surface area contributed by atoms with E-state index < -0.39 is 17.5 Å². The molecular weight excluding hydrogens is 302 g/mol. The highest BCUT2D eigenvalue weighted by Crippen LogP contribution is 2.26. The summed E-state index contributed by atoms with van der Waals surface area (Å²) in [5.74, 6) is -2.36. The van der Waals surface area contributed by atoms with Gasteiger partial charge < -0.3 is 9.84 Å². The molecule has 0 atom stereocenters. The Labute approximate surface area is 130 Å². The van der Waals surface area contributed by atoms with Crippen LogP contribution in [0.4, 0.5) is 14.5 Å². The molecule has 3 aromatic rings. The predicted octanol–water partition coefficient (Wildman–Crippen LogP) is 4.18. The molecule has 116 valence electrons. The minimum absolute atomic E-state index is 0.0787. The molecule has 0 spiro atoms. The van der Waals surface area contributed by atoms with E-state index in [1.807, 2.05) is 19.1 Å². The van der Waals surface area contributed by atoms with Crippen LogP contribution in [0.3, 0.4) is 0 Å². The molecule has 0 radical (unpaired) electrons. The average Bonchev–Trinajstić information content (AvgIpc) is 3.02. The quantitative estimate of drug-likeness (QED) is 0.789. The second kappa shape index (κ2) is 6.00. The summed E-state index contributed by atoms with van der Waals surface area (Å²) >= 11 is 0. The maximum absolute atomic E-state index is 13.4. The van der Waals surface area contributed by atoms with Gasteiger partial charge in [-0.05, 0) is 36.8 Å². The van der Waals surface area contributed by atoms with Crippen LogP contribution >= 0.6 is 0 Å². The SMILES string of the molecule is Cc1ccccc1NC(=O)c1cnoc1-c1ccc(F)c(F)c1. The Kier molecular flexibility index (Phi) is 3.89. The Morgan fingerprint density at radius 3 is 2.65 bits per heavy atom. The molecule has 1 N–H and O–H groups in total. The molecule has 6 heteroatoms. The lowest BCUT2D eigenvalue weighted by Crippen LogP contribution is -2.12. The molecule has 2 aromatic carbocycles. The van der Waals surface area contributed by atoms with Gasteiger partial charge in [0, 0.05) is 11.3 Å². The van der Waals surface area contributed by atoms with E-state index >= 15 is 0 Å². The molecule has 1 aromatic heterocycles. The number of rotatable bonds is 3. The van der Waals surface area contributed by atoms with E-state index in [1.165, 1.54) is 12.3 Å². The zero-order valence-corrected chi connectivity index (χ0v) is 12.1. The number of carbonyl (C=O) groups excluding carboxylic acids is 1. The summed E-state index contributed by atoms with van der Waals surface area (Å²) in [5, 5.41) is 6.33. The van der Waals surface area contributed by atoms with Gasteiger partial charge in [0.15, 0.2) is 17.4 Å². The van der Waals surface area contributed by atoms with Crippen LogP contribution in [0.15, 0.2) is 53.2 Å². The Bertz CT molecular complexity index is 875. The lowest BCUT2D eigenvalue weighted by atomic mass is 10.1. The molecule has 0 aliphatic carbocycles. The van der Waals surface area contributed by atoms with Gasteiger partial charge in [0.2, 0.25) is 0 Å². The first-order valence-electron chi connectivity index (χ1n) is 6.83. The van der Waals surface area contributed by atoms with E-state index in [-0.39, 0.29) is 16.9 Å². The fraction of sp³-hybridized carbons (Fsp3) is 0.0588. The van der Waals surface area contributed by atoms with Crippen molar-refractivity contribution in [3.05, 3.63) is 71.4 Å². The van der Waals surface area contributed by atoms with E-state index in [2.05, 4.69) is 10.5 Å². The topological polar surface area (TPSA) is 55.1 Å². The first-order valence-corrected chi connectivity index (χ1v) is 6.83. The number of amides is 1. The number of carbonyl (C=O) groups is 1. The van der Waals surface area contributed by atoms with Crippen LogP contribution in [0.25, 0.3) is 11.3 Å². The smallest absolute Gasteiger partial charge is 0.261 e. The van der Waals surface area contributed by atoms with E-state index in [9.17, 15) is 13.6 Å². The molecule has 3 rings (SSSR count). The van der Waals surface area contributed by atoms with Gasteiger partial charge in [-0.2, -0.15) is 0 Å². The van der Waals surface area contributed by atoms with Crippen LogP contribution < -0.4 is 5.32 Å². The van der Waals surface area contributed by atoms with Crippen LogP contribution in [0, 0.1) is 18.6 Å². The van der Waals surface area contributed by atoms with Gasteiger partial charge in [-0.25, -0.2) is 8.78 Å². The van der Waals surface area contributed by atoms with Crippen molar-refractivity contribution in [2.45, 2.75) is 6.92 Å². The number of aromatic nitrogens is 1. The van der Waals surface area contributed by atoms with Gasteiger partial charge in [0.1, 0.15) is 5.56 Å². The van der Waals surface area contributed by atoms with Gasteiger partial charge in [-0.3, -0.25) is 4.79 Å². The minimum Gasteiger partial charge on any atom is -0.355 e. The number of nitrogens with zero attached hydrogens (tertiary/aromatic N) is 1. The van der Waals surface area contributed by atoms with Gasteiger partial charge >= 0.3 is 0 Å². The largest absolute Gasteiger partial charge is 0.355 e. The maximum atomic E-state index is 13.4. The van der Waals surface area contributed by atoms with Gasteiger partial charge in [0.25, 0.3) is 5.91 Å². The number of nitrogens with one attached hydrogen (secondary N) is 1. The van der Waals surface area contributed by atoms with E-state index in [4.69, 9.17) is 4.52 Å². The van der Waals surface area contributed by atoms with Crippen LogP contribution in [-0.2, 0) is 0 Å². The number of aryl methyl sites for hydroxylation is 1. The Hall–Kier alpha value is -3.02. The molecule has 0 aliphatic rings. The first-order chi connectivity index (χ1) is 11.1. The molecule has 0 fully saturated rings. The molecule has 0 saturated carbocycles. The standard InChI is InChI=1S/C17H12F2N2O2/c1-10-4-2-3-5-15(10)21-17(22)12-9-20-23-16(12)11-6-7-13(18)14(19)8-11/h2-9H,1H3,(H,21,22). The molecule has 1 heterocycles. The summed E-state index contributed by atoms with van der Waals surface area (Å²) < 4.78 is 31.4. The summed E-state index contributed by atoms with van der Waals surface area (Å²) in [6.07, 6.45) is 1.24. The van der Waals surface area contributed by atoms with Crippen molar-refractivity contribution < 1.29 is 18.1 Å². The molecule has 0 unspecified atom stereocenters. The highest BCUT2D eigenvalue weighted by atomic mass is 19.2. The van der Waals surface area contributed by atoms with Crippen molar-refractivity contribution in [1.29, 1.82) is 0 Å². The molecule has 0 aliphatic heterocycles. The van der Waals surface area contributed by atoms with Crippen molar-refractivity contribution in [1.82, 2.24) is 5.16 Å². The summed E-state index contributed by atoms with van der Waals surface area (Å²) in [7, 11) is 0. The number of hydrogen-bond donors (Lipinski definition) is 1. The summed E-state index contributed by atoms with van der Waals surface area (Å²) in [4.78, 5) is 12.4. The normalized spacial score (nSPS) is 10.6. The first kappa shape index (κ1) is 14.9. The van der Waals surface area contributed by atoms with Crippen molar-refractivity contribution >= 4 is 11.6 Å². The summed E-state index contributed by atoms with van der Waals surface area (Å²) in [6.45, 7) is 1.86. The Morgan fingerprint density at radius 1 is 1.13 bits per heavy atom. The molecule has 23 heavy (non-hydrogen) atoms. The average molecular weight is 314 g/mol. The molecule has 0 saturated heterocycles. The number of benzene rings is 2. The molecule has 0 bridgehead atoms. The van der Waals surface area contributed by atoms with Crippen molar-refractivity contribution in [2.75, 3.05) is 5.32 Å². The number of halogens is 2. The fourth-order valence-electron chi connectivity index (χ4n) is 2.15. The molecule has 1 amide bonds.